The van der Waals surface area contributed by atoms with Crippen molar-refractivity contribution in [2.45, 2.75) is 25.2 Å². The van der Waals surface area contributed by atoms with Crippen molar-refractivity contribution in [3.05, 3.63) is 70.9 Å². The van der Waals surface area contributed by atoms with Crippen molar-refractivity contribution in [2.75, 3.05) is 31.8 Å². The molecule has 3 aromatic rings. The molecular weight excluding hydrogens is 502 g/mol. The third-order valence-electron chi connectivity index (χ3n) is 6.20. The lowest BCUT2D eigenvalue weighted by Crippen LogP contribution is -2.32. The molecular formula is C28H27N5O4S. The largest absolute Gasteiger partial charge is 0.493 e. The van der Waals surface area contributed by atoms with Gasteiger partial charge in [0.2, 0.25) is 5.91 Å². The number of anilines is 1. The lowest BCUT2D eigenvalue weighted by Gasteiger charge is -2.26. The quantitative estimate of drug-likeness (QED) is 0.422. The second-order valence-electron chi connectivity index (χ2n) is 8.56. The van der Waals surface area contributed by atoms with Crippen molar-refractivity contribution in [1.29, 1.82) is 5.26 Å². The molecule has 0 fully saturated rings. The maximum absolute atomic E-state index is 13.7. The van der Waals surface area contributed by atoms with E-state index < -0.39 is 5.91 Å². The molecule has 9 nitrogen and oxygen atoms in total. The minimum absolute atomic E-state index is 0.00884. The molecule has 2 aromatic carbocycles. The first kappa shape index (κ1) is 26.7. The van der Waals surface area contributed by atoms with E-state index in [-0.39, 0.29) is 17.4 Å². The van der Waals surface area contributed by atoms with E-state index in [1.807, 2.05) is 36.6 Å². The number of ether oxygens (including phenoxy) is 2. The second kappa shape index (κ2) is 11.8. The Morgan fingerprint density at radius 1 is 1.16 bits per heavy atom. The monoisotopic (exact) mass is 529 g/mol. The summed E-state index contributed by atoms with van der Waals surface area (Å²) in [6.45, 7) is 4.38. The van der Waals surface area contributed by atoms with Crippen molar-refractivity contribution in [1.82, 2.24) is 15.1 Å². The van der Waals surface area contributed by atoms with Crippen molar-refractivity contribution >= 4 is 34.8 Å². The number of nitriles is 1. The minimum Gasteiger partial charge on any atom is -0.493 e. The molecule has 2 amide bonds. The van der Waals surface area contributed by atoms with Crippen LogP contribution in [-0.2, 0) is 4.79 Å². The number of benzene rings is 2. The predicted molar refractivity (Wildman–Crippen MR) is 146 cm³/mol. The molecule has 0 atom stereocenters. The van der Waals surface area contributed by atoms with Gasteiger partial charge in [-0.15, -0.1) is 22.0 Å². The van der Waals surface area contributed by atoms with Crippen molar-refractivity contribution < 1.29 is 19.1 Å². The normalized spacial score (nSPS) is 12.8. The number of aromatic nitrogens is 2. The molecule has 1 aromatic heterocycles. The van der Waals surface area contributed by atoms with Crippen molar-refractivity contribution in [3.63, 3.8) is 0 Å². The van der Waals surface area contributed by atoms with Crippen LogP contribution >= 0.6 is 11.8 Å². The summed E-state index contributed by atoms with van der Waals surface area (Å²) in [5.74, 6) is 0.234. The zero-order chi connectivity index (χ0) is 27.2. The summed E-state index contributed by atoms with van der Waals surface area (Å²) in [5, 5.41) is 20.9. The van der Waals surface area contributed by atoms with E-state index in [0.717, 1.165) is 10.5 Å². The van der Waals surface area contributed by atoms with Gasteiger partial charge in [0.05, 0.1) is 24.4 Å². The van der Waals surface area contributed by atoms with E-state index in [0.29, 0.717) is 53.5 Å². The lowest BCUT2D eigenvalue weighted by atomic mass is 9.98. The van der Waals surface area contributed by atoms with Gasteiger partial charge in [-0.25, -0.2) is 0 Å². The SMILES string of the molecule is COc1cc(C#N)ccc1Oc1nnc(C2=CCN(C(C)=O)CC2)c(C)c1C(=O)Nc1cccc(SC)c1. The highest BCUT2D eigenvalue weighted by atomic mass is 32.2. The Bertz CT molecular complexity index is 1460. The fourth-order valence-corrected chi connectivity index (χ4v) is 4.59. The maximum Gasteiger partial charge on any atom is 0.261 e. The first-order valence-corrected chi connectivity index (χ1v) is 13.1. The number of methoxy groups -OCH3 is 1. The molecule has 1 N–H and O–H groups in total. The Kier molecular flexibility index (Phi) is 8.28. The van der Waals surface area contributed by atoms with Gasteiger partial charge in [0.15, 0.2) is 11.5 Å². The van der Waals surface area contributed by atoms with Crippen molar-refractivity contribution in [3.8, 4) is 23.4 Å². The number of thioether (sulfide) groups is 1. The third-order valence-corrected chi connectivity index (χ3v) is 6.92. The van der Waals surface area contributed by atoms with Gasteiger partial charge >= 0.3 is 0 Å². The maximum atomic E-state index is 13.7. The van der Waals surface area contributed by atoms with Crippen LogP contribution in [0.3, 0.4) is 0 Å². The number of carbonyl (C=O) groups excluding carboxylic acids is 2. The molecule has 0 radical (unpaired) electrons. The summed E-state index contributed by atoms with van der Waals surface area (Å²) < 4.78 is 11.5. The Hall–Kier alpha value is -4.36. The molecule has 1 aliphatic heterocycles. The fraction of sp³-hybridized carbons (Fsp3) is 0.250. The summed E-state index contributed by atoms with van der Waals surface area (Å²) in [4.78, 5) is 28.2. The van der Waals surface area contributed by atoms with Crippen LogP contribution in [0.15, 0.2) is 53.4 Å². The molecule has 0 unspecified atom stereocenters. The average Bonchev–Trinajstić information content (AvgIpc) is 2.93. The fourth-order valence-electron chi connectivity index (χ4n) is 4.13. The van der Waals surface area contributed by atoms with E-state index in [1.54, 1.807) is 48.7 Å². The smallest absolute Gasteiger partial charge is 0.261 e. The van der Waals surface area contributed by atoms with Crippen LogP contribution in [-0.4, -0.2) is 53.4 Å². The van der Waals surface area contributed by atoms with E-state index >= 15 is 0 Å². The number of hydrogen-bond acceptors (Lipinski definition) is 8. The van der Waals surface area contributed by atoms with Gasteiger partial charge in [-0.3, -0.25) is 9.59 Å². The van der Waals surface area contributed by atoms with Gasteiger partial charge in [0, 0.05) is 36.7 Å². The number of nitrogens with zero attached hydrogens (tertiary/aromatic N) is 4. The molecule has 194 valence electrons. The van der Waals surface area contributed by atoms with Crippen LogP contribution in [0.4, 0.5) is 5.69 Å². The van der Waals surface area contributed by atoms with E-state index in [2.05, 4.69) is 21.6 Å². The van der Waals surface area contributed by atoms with E-state index in [1.165, 1.54) is 7.11 Å². The predicted octanol–water partition coefficient (Wildman–Crippen LogP) is 5.07. The number of hydrogen-bond donors (Lipinski definition) is 1. The average molecular weight is 530 g/mol. The molecule has 0 saturated heterocycles. The number of amides is 2. The summed E-state index contributed by atoms with van der Waals surface area (Å²) in [5.41, 5.74) is 3.36. The highest BCUT2D eigenvalue weighted by molar-refractivity contribution is 7.98. The van der Waals surface area contributed by atoms with Crippen LogP contribution in [0, 0.1) is 18.3 Å². The zero-order valence-corrected chi connectivity index (χ0v) is 22.4. The number of rotatable bonds is 7. The van der Waals surface area contributed by atoms with Gasteiger partial charge in [0.1, 0.15) is 5.56 Å². The molecule has 10 heteroatoms. The molecule has 1 aliphatic rings. The second-order valence-corrected chi connectivity index (χ2v) is 9.44. The van der Waals surface area contributed by atoms with Crippen molar-refractivity contribution in [2.24, 2.45) is 0 Å². The summed E-state index contributed by atoms with van der Waals surface area (Å²) in [6, 6.07) is 14.3. The molecule has 0 aliphatic carbocycles. The minimum atomic E-state index is -0.402. The molecule has 38 heavy (non-hydrogen) atoms. The topological polar surface area (TPSA) is 117 Å². The van der Waals surface area contributed by atoms with Crippen LogP contribution < -0.4 is 14.8 Å². The van der Waals surface area contributed by atoms with E-state index in [4.69, 9.17) is 9.47 Å². The van der Waals surface area contributed by atoms with Crippen LogP contribution in [0.5, 0.6) is 17.4 Å². The van der Waals surface area contributed by atoms with Gasteiger partial charge < -0.3 is 19.7 Å². The summed E-state index contributed by atoms with van der Waals surface area (Å²) in [6.07, 6.45) is 4.50. The molecule has 4 rings (SSSR count). The molecule has 2 heterocycles. The molecule has 0 saturated carbocycles. The van der Waals surface area contributed by atoms with Gasteiger partial charge in [-0.05, 0) is 61.1 Å². The van der Waals surface area contributed by atoms with Gasteiger partial charge in [-0.2, -0.15) is 5.26 Å². The Labute approximate surface area is 225 Å². The van der Waals surface area contributed by atoms with Gasteiger partial charge in [0.25, 0.3) is 11.8 Å². The van der Waals surface area contributed by atoms with Crippen LogP contribution in [0.1, 0.15) is 40.5 Å². The Balaban J connectivity index is 1.76. The first-order chi connectivity index (χ1) is 18.3. The Morgan fingerprint density at radius 2 is 1.97 bits per heavy atom. The van der Waals surface area contributed by atoms with Crippen LogP contribution in [0.2, 0.25) is 0 Å². The summed E-state index contributed by atoms with van der Waals surface area (Å²) >= 11 is 1.57. The highest BCUT2D eigenvalue weighted by Gasteiger charge is 2.26. The number of nitrogens with one attached hydrogen (secondary N) is 1. The lowest BCUT2D eigenvalue weighted by molar-refractivity contribution is -0.128. The van der Waals surface area contributed by atoms with Gasteiger partial charge in [-0.1, -0.05) is 12.1 Å². The highest BCUT2D eigenvalue weighted by Crippen LogP contribution is 2.36. The molecule has 0 spiro atoms. The van der Waals surface area contributed by atoms with Crippen LogP contribution in [0.25, 0.3) is 5.57 Å². The molecule has 0 bridgehead atoms. The summed E-state index contributed by atoms with van der Waals surface area (Å²) in [7, 11) is 1.47. The third kappa shape index (κ3) is 5.79. The van der Waals surface area contributed by atoms with E-state index in [9.17, 15) is 14.9 Å². The Morgan fingerprint density at radius 3 is 2.63 bits per heavy atom. The zero-order valence-electron chi connectivity index (χ0n) is 21.6. The number of carbonyl (C=O) groups is 2. The standard InChI is InChI=1S/C28H27N5O4S/c1-17-25(27(35)30-21-6-5-7-22(15-21)38-4)28(37-23-9-8-19(16-29)14-24(23)36-3)32-31-26(17)20-10-12-33(13-11-20)18(2)34/h5-10,14-15H,11-13H2,1-4H3,(H,30,35). The first-order valence-electron chi connectivity index (χ1n) is 11.9.